The van der Waals surface area contributed by atoms with Crippen LogP contribution in [0.15, 0.2) is 65.8 Å². The van der Waals surface area contributed by atoms with Gasteiger partial charge >= 0.3 is 0 Å². The van der Waals surface area contributed by atoms with Crippen molar-refractivity contribution in [2.75, 3.05) is 4.72 Å². The Morgan fingerprint density at radius 1 is 1.00 bits per heavy atom. The van der Waals surface area contributed by atoms with Gasteiger partial charge in [0.1, 0.15) is 0 Å². The molecule has 0 saturated carbocycles. The SMILES string of the molecule is CC(C)c1ccc(NS(=O)(=O)c2cccc3cnccc23)cc1. The van der Waals surface area contributed by atoms with Crippen molar-refractivity contribution < 1.29 is 8.42 Å². The Balaban J connectivity index is 1.98. The van der Waals surface area contributed by atoms with Gasteiger partial charge in [0.15, 0.2) is 0 Å². The number of nitrogens with zero attached hydrogens (tertiary/aromatic N) is 1. The fourth-order valence-corrected chi connectivity index (χ4v) is 3.76. The lowest BCUT2D eigenvalue weighted by molar-refractivity contribution is 0.602. The monoisotopic (exact) mass is 326 g/mol. The number of benzene rings is 2. The van der Waals surface area contributed by atoms with Gasteiger partial charge in [-0.1, -0.05) is 38.1 Å². The largest absolute Gasteiger partial charge is 0.280 e. The Labute approximate surface area is 136 Å². The number of rotatable bonds is 4. The predicted octanol–water partition coefficient (Wildman–Crippen LogP) is 4.16. The number of pyridine rings is 1. The summed E-state index contributed by atoms with van der Waals surface area (Å²) >= 11 is 0. The van der Waals surface area contributed by atoms with E-state index in [9.17, 15) is 8.42 Å². The van der Waals surface area contributed by atoms with Crippen molar-refractivity contribution in [3.05, 3.63) is 66.5 Å². The second-order valence-electron chi connectivity index (χ2n) is 5.74. The fraction of sp³-hybridized carbons (Fsp3) is 0.167. The smallest absolute Gasteiger partial charge is 0.262 e. The summed E-state index contributed by atoms with van der Waals surface area (Å²) in [5, 5.41) is 1.46. The van der Waals surface area contributed by atoms with Crippen LogP contribution >= 0.6 is 0 Å². The van der Waals surface area contributed by atoms with Crippen molar-refractivity contribution in [3.63, 3.8) is 0 Å². The van der Waals surface area contributed by atoms with Crippen molar-refractivity contribution in [2.45, 2.75) is 24.7 Å². The maximum absolute atomic E-state index is 12.7. The quantitative estimate of drug-likeness (QED) is 0.783. The zero-order valence-corrected chi connectivity index (χ0v) is 13.8. The maximum atomic E-state index is 12.7. The van der Waals surface area contributed by atoms with E-state index in [0.29, 0.717) is 17.0 Å². The van der Waals surface area contributed by atoms with Gasteiger partial charge in [-0.2, -0.15) is 0 Å². The van der Waals surface area contributed by atoms with E-state index in [-0.39, 0.29) is 4.90 Å². The highest BCUT2D eigenvalue weighted by Gasteiger charge is 2.17. The molecular weight excluding hydrogens is 308 g/mol. The molecule has 1 heterocycles. The molecule has 118 valence electrons. The number of aromatic nitrogens is 1. The summed E-state index contributed by atoms with van der Waals surface area (Å²) in [6.45, 7) is 4.20. The van der Waals surface area contributed by atoms with Gasteiger partial charge in [0.2, 0.25) is 0 Å². The molecule has 4 nitrogen and oxygen atoms in total. The molecule has 1 aromatic heterocycles. The zero-order chi connectivity index (χ0) is 16.4. The van der Waals surface area contributed by atoms with Gasteiger partial charge in [0.05, 0.1) is 4.90 Å². The van der Waals surface area contributed by atoms with Gasteiger partial charge in [-0.25, -0.2) is 8.42 Å². The summed E-state index contributed by atoms with van der Waals surface area (Å²) in [7, 11) is -3.65. The molecule has 0 amide bonds. The zero-order valence-electron chi connectivity index (χ0n) is 13.0. The van der Waals surface area contributed by atoms with E-state index in [1.54, 1.807) is 42.7 Å². The van der Waals surface area contributed by atoms with Gasteiger partial charge in [-0.05, 0) is 35.7 Å². The third kappa shape index (κ3) is 3.19. The first kappa shape index (κ1) is 15.5. The molecule has 3 rings (SSSR count). The van der Waals surface area contributed by atoms with Crippen molar-refractivity contribution in [1.29, 1.82) is 0 Å². The first-order valence-corrected chi connectivity index (χ1v) is 8.91. The minimum atomic E-state index is -3.65. The highest BCUT2D eigenvalue weighted by Crippen LogP contribution is 2.25. The molecule has 0 spiro atoms. The first-order chi connectivity index (χ1) is 11.0. The number of anilines is 1. The second kappa shape index (κ2) is 6.01. The molecule has 0 aliphatic rings. The summed E-state index contributed by atoms with van der Waals surface area (Å²) in [4.78, 5) is 4.29. The van der Waals surface area contributed by atoms with Crippen LogP contribution in [0.1, 0.15) is 25.3 Å². The van der Waals surface area contributed by atoms with Crippen molar-refractivity contribution in [2.24, 2.45) is 0 Å². The molecule has 0 aliphatic carbocycles. The summed E-state index contributed by atoms with van der Waals surface area (Å²) in [5.41, 5.74) is 1.73. The molecule has 1 N–H and O–H groups in total. The Morgan fingerprint density at radius 2 is 1.74 bits per heavy atom. The van der Waals surface area contributed by atoms with Gasteiger partial charge in [0.25, 0.3) is 10.0 Å². The van der Waals surface area contributed by atoms with Crippen LogP contribution in [-0.4, -0.2) is 13.4 Å². The average molecular weight is 326 g/mol. The van der Waals surface area contributed by atoms with Crippen LogP contribution in [0, 0.1) is 0 Å². The van der Waals surface area contributed by atoms with E-state index in [1.807, 2.05) is 18.2 Å². The summed E-state index contributed by atoms with van der Waals surface area (Å²) in [5.74, 6) is 0.409. The molecule has 0 bridgehead atoms. The van der Waals surface area contributed by atoms with Gasteiger partial charge in [-0.15, -0.1) is 0 Å². The van der Waals surface area contributed by atoms with Gasteiger partial charge in [-0.3, -0.25) is 9.71 Å². The molecule has 23 heavy (non-hydrogen) atoms. The Kier molecular flexibility index (Phi) is 4.05. The first-order valence-electron chi connectivity index (χ1n) is 7.43. The molecule has 2 aromatic carbocycles. The number of fused-ring (bicyclic) bond motifs is 1. The third-order valence-electron chi connectivity index (χ3n) is 3.76. The van der Waals surface area contributed by atoms with Crippen molar-refractivity contribution in [3.8, 4) is 0 Å². The number of nitrogens with one attached hydrogen (secondary N) is 1. The maximum Gasteiger partial charge on any atom is 0.262 e. The van der Waals surface area contributed by atoms with E-state index in [0.717, 1.165) is 5.39 Å². The topological polar surface area (TPSA) is 59.1 Å². The summed E-state index contributed by atoms with van der Waals surface area (Å²) in [6.07, 6.45) is 3.25. The van der Waals surface area contributed by atoms with E-state index in [1.165, 1.54) is 5.56 Å². The summed E-state index contributed by atoms with van der Waals surface area (Å²) < 4.78 is 28.1. The highest BCUT2D eigenvalue weighted by molar-refractivity contribution is 7.93. The second-order valence-corrected chi connectivity index (χ2v) is 7.39. The standard InChI is InChI=1S/C18H18N2O2S/c1-13(2)14-6-8-16(9-7-14)20-23(21,22)18-5-3-4-15-12-19-11-10-17(15)18/h3-13,20H,1-2H3. The Morgan fingerprint density at radius 3 is 2.43 bits per heavy atom. The lowest BCUT2D eigenvalue weighted by atomic mass is 10.0. The lowest BCUT2D eigenvalue weighted by Crippen LogP contribution is -2.13. The van der Waals surface area contributed by atoms with E-state index >= 15 is 0 Å². The Hall–Kier alpha value is -2.40. The third-order valence-corrected chi connectivity index (χ3v) is 5.20. The van der Waals surface area contributed by atoms with Crippen LogP contribution in [0.4, 0.5) is 5.69 Å². The molecule has 0 saturated heterocycles. The van der Waals surface area contributed by atoms with Crippen LogP contribution in [0.5, 0.6) is 0 Å². The van der Waals surface area contributed by atoms with Crippen LogP contribution in [0.2, 0.25) is 0 Å². The average Bonchev–Trinajstić information content (AvgIpc) is 2.54. The molecule has 0 radical (unpaired) electrons. The minimum Gasteiger partial charge on any atom is -0.280 e. The summed E-state index contributed by atoms with van der Waals surface area (Å²) in [6, 6.07) is 14.3. The van der Waals surface area contributed by atoms with E-state index in [2.05, 4.69) is 23.6 Å². The fourth-order valence-electron chi connectivity index (χ4n) is 2.47. The molecule has 0 aliphatic heterocycles. The van der Waals surface area contributed by atoms with Gasteiger partial charge < -0.3 is 0 Å². The molecule has 5 heteroatoms. The molecule has 0 unspecified atom stereocenters. The van der Waals surface area contributed by atoms with Crippen molar-refractivity contribution >= 4 is 26.5 Å². The van der Waals surface area contributed by atoms with Crippen LogP contribution in [-0.2, 0) is 10.0 Å². The lowest BCUT2D eigenvalue weighted by Gasteiger charge is -2.11. The Bertz CT molecular complexity index is 927. The van der Waals surface area contributed by atoms with E-state index in [4.69, 9.17) is 0 Å². The van der Waals surface area contributed by atoms with Crippen LogP contribution < -0.4 is 4.72 Å². The van der Waals surface area contributed by atoms with E-state index < -0.39 is 10.0 Å². The number of hydrogen-bond acceptors (Lipinski definition) is 3. The predicted molar refractivity (Wildman–Crippen MR) is 93.1 cm³/mol. The van der Waals surface area contributed by atoms with Crippen molar-refractivity contribution in [1.82, 2.24) is 4.98 Å². The van der Waals surface area contributed by atoms with Crippen LogP contribution in [0.25, 0.3) is 10.8 Å². The highest BCUT2D eigenvalue weighted by atomic mass is 32.2. The molecular formula is C18H18N2O2S. The molecule has 3 aromatic rings. The van der Waals surface area contributed by atoms with Gasteiger partial charge in [0, 0.05) is 28.9 Å². The molecule has 0 atom stereocenters. The molecule has 0 fully saturated rings. The minimum absolute atomic E-state index is 0.255. The normalized spacial score (nSPS) is 11.8. The number of hydrogen-bond donors (Lipinski definition) is 1. The van der Waals surface area contributed by atoms with Crippen LogP contribution in [0.3, 0.4) is 0 Å². The number of sulfonamides is 1.